The first kappa shape index (κ1) is 15.9. The van der Waals surface area contributed by atoms with Crippen LogP contribution in [0.4, 0.5) is 0 Å². The molecule has 0 heterocycles. The molecule has 0 spiro atoms. The van der Waals surface area contributed by atoms with Crippen LogP contribution in [0.15, 0.2) is 24.3 Å². The van der Waals surface area contributed by atoms with Crippen LogP contribution in [0.25, 0.3) is 0 Å². The van der Waals surface area contributed by atoms with Crippen molar-refractivity contribution < 1.29 is 4.79 Å². The maximum absolute atomic E-state index is 12.3. The Bertz CT molecular complexity index is 465. The molecule has 0 saturated heterocycles. The highest BCUT2D eigenvalue weighted by atomic mass is 35.5. The fourth-order valence-electron chi connectivity index (χ4n) is 1.90. The first-order chi connectivity index (χ1) is 8.97. The highest BCUT2D eigenvalue weighted by Crippen LogP contribution is 2.18. The summed E-state index contributed by atoms with van der Waals surface area (Å²) in [6, 6.07) is 7.48. The first-order valence-corrected chi connectivity index (χ1v) is 7.03. The van der Waals surface area contributed by atoms with Crippen molar-refractivity contribution >= 4 is 34.7 Å². The molecule has 3 nitrogen and oxygen atoms in total. The van der Waals surface area contributed by atoms with Crippen molar-refractivity contribution in [3.05, 3.63) is 34.9 Å². The van der Waals surface area contributed by atoms with E-state index in [-0.39, 0.29) is 16.8 Å². The van der Waals surface area contributed by atoms with Crippen LogP contribution in [-0.4, -0.2) is 22.8 Å². The zero-order valence-electron chi connectivity index (χ0n) is 11.2. The second kappa shape index (κ2) is 7.46. The Morgan fingerprint density at radius 2 is 2.11 bits per heavy atom. The van der Waals surface area contributed by atoms with Gasteiger partial charge in [0.05, 0.1) is 10.9 Å². The molecule has 1 unspecified atom stereocenters. The molecule has 0 aliphatic carbocycles. The zero-order valence-corrected chi connectivity index (χ0v) is 12.8. The number of rotatable bonds is 6. The summed E-state index contributed by atoms with van der Waals surface area (Å²) < 4.78 is 0. The lowest BCUT2D eigenvalue weighted by atomic mass is 10.0. The number of carbonyl (C=O) groups is 1. The molecule has 19 heavy (non-hydrogen) atoms. The molecule has 1 rings (SSSR count). The van der Waals surface area contributed by atoms with Gasteiger partial charge in [-0.25, -0.2) is 0 Å². The van der Waals surface area contributed by atoms with Crippen molar-refractivity contribution in [1.29, 1.82) is 0 Å². The maximum Gasteiger partial charge on any atom is 0.232 e. The van der Waals surface area contributed by atoms with Gasteiger partial charge in [0, 0.05) is 18.6 Å². The average molecular weight is 299 g/mol. The van der Waals surface area contributed by atoms with Crippen LogP contribution in [0.5, 0.6) is 0 Å². The van der Waals surface area contributed by atoms with E-state index in [1.54, 1.807) is 11.9 Å². The third-order valence-electron chi connectivity index (χ3n) is 2.96. The number of benzene rings is 1. The van der Waals surface area contributed by atoms with E-state index in [0.29, 0.717) is 18.0 Å². The summed E-state index contributed by atoms with van der Waals surface area (Å²) in [5, 5.41) is 0.657. The largest absolute Gasteiger partial charge is 0.393 e. The van der Waals surface area contributed by atoms with Crippen LogP contribution in [0.2, 0.25) is 5.02 Å². The lowest BCUT2D eigenvalue weighted by Gasteiger charge is -2.23. The Labute approximate surface area is 124 Å². The van der Waals surface area contributed by atoms with E-state index in [9.17, 15) is 4.79 Å². The Balaban J connectivity index is 2.76. The zero-order chi connectivity index (χ0) is 14.4. The first-order valence-electron chi connectivity index (χ1n) is 6.25. The van der Waals surface area contributed by atoms with E-state index in [1.807, 2.05) is 31.2 Å². The molecule has 0 radical (unpaired) electrons. The molecule has 1 aromatic rings. The standard InChI is InChI=1S/C14H19ClN2OS/c1-3-6-11(13(16)19)14(18)17(2)9-10-7-4-5-8-12(10)15/h4-5,7-8,11H,3,6,9H2,1-2H3,(H2,16,19). The number of carbonyl (C=O) groups excluding carboxylic acids is 1. The van der Waals surface area contributed by atoms with Gasteiger partial charge >= 0.3 is 0 Å². The number of thiocarbonyl (C=S) groups is 1. The molecule has 104 valence electrons. The van der Waals surface area contributed by atoms with Gasteiger partial charge in [-0.05, 0) is 18.1 Å². The van der Waals surface area contributed by atoms with Crippen molar-refractivity contribution in [1.82, 2.24) is 4.90 Å². The van der Waals surface area contributed by atoms with Crippen LogP contribution >= 0.6 is 23.8 Å². The summed E-state index contributed by atoms with van der Waals surface area (Å²) in [7, 11) is 1.74. The van der Waals surface area contributed by atoms with Crippen LogP contribution in [-0.2, 0) is 11.3 Å². The Morgan fingerprint density at radius 1 is 1.47 bits per heavy atom. The molecule has 0 saturated carbocycles. The average Bonchev–Trinajstić information content (AvgIpc) is 2.37. The van der Waals surface area contributed by atoms with Crippen LogP contribution in [0, 0.1) is 5.92 Å². The number of amides is 1. The van der Waals surface area contributed by atoms with Gasteiger partial charge in [0.2, 0.25) is 5.91 Å². The summed E-state index contributed by atoms with van der Waals surface area (Å²) in [4.78, 5) is 14.2. The van der Waals surface area contributed by atoms with Gasteiger partial charge < -0.3 is 10.6 Å². The van der Waals surface area contributed by atoms with Crippen molar-refractivity contribution in [2.75, 3.05) is 7.05 Å². The van der Waals surface area contributed by atoms with Crippen LogP contribution < -0.4 is 5.73 Å². The fraction of sp³-hybridized carbons (Fsp3) is 0.429. The predicted octanol–water partition coefficient (Wildman–Crippen LogP) is 3.00. The van der Waals surface area contributed by atoms with Gasteiger partial charge in [0.15, 0.2) is 0 Å². The molecule has 0 bridgehead atoms. The summed E-state index contributed by atoms with van der Waals surface area (Å²) >= 11 is 11.1. The van der Waals surface area contributed by atoms with Gasteiger partial charge in [0.25, 0.3) is 0 Å². The smallest absolute Gasteiger partial charge is 0.232 e. The quantitative estimate of drug-likeness (QED) is 0.821. The van der Waals surface area contributed by atoms with E-state index in [1.165, 1.54) is 0 Å². The summed E-state index contributed by atoms with van der Waals surface area (Å²) in [6.45, 7) is 2.47. The number of halogens is 1. The van der Waals surface area contributed by atoms with Gasteiger partial charge in [0.1, 0.15) is 0 Å². The van der Waals surface area contributed by atoms with E-state index >= 15 is 0 Å². The normalized spacial score (nSPS) is 11.9. The van der Waals surface area contributed by atoms with E-state index < -0.39 is 0 Å². The topological polar surface area (TPSA) is 46.3 Å². The SMILES string of the molecule is CCCC(C(=O)N(C)Cc1ccccc1Cl)C(N)=S. The van der Waals surface area contributed by atoms with Crippen molar-refractivity contribution in [2.24, 2.45) is 11.7 Å². The van der Waals surface area contributed by atoms with Gasteiger partial charge in [-0.15, -0.1) is 0 Å². The second-order valence-electron chi connectivity index (χ2n) is 4.53. The van der Waals surface area contributed by atoms with Gasteiger partial charge in [-0.2, -0.15) is 0 Å². The molecular formula is C14H19ClN2OS. The minimum absolute atomic E-state index is 0.0470. The molecule has 1 aromatic carbocycles. The molecule has 0 aliphatic rings. The van der Waals surface area contributed by atoms with E-state index in [0.717, 1.165) is 12.0 Å². The lowest BCUT2D eigenvalue weighted by Crippen LogP contribution is -2.38. The third-order valence-corrected chi connectivity index (χ3v) is 3.61. The predicted molar refractivity (Wildman–Crippen MR) is 83.1 cm³/mol. The number of hydrogen-bond donors (Lipinski definition) is 1. The van der Waals surface area contributed by atoms with Crippen molar-refractivity contribution in [3.8, 4) is 0 Å². The molecular weight excluding hydrogens is 280 g/mol. The Kier molecular flexibility index (Phi) is 6.25. The van der Waals surface area contributed by atoms with Crippen molar-refractivity contribution in [3.63, 3.8) is 0 Å². The summed E-state index contributed by atoms with van der Waals surface area (Å²) in [5.74, 6) is -0.429. The van der Waals surface area contributed by atoms with Gasteiger partial charge in [-0.3, -0.25) is 4.79 Å². The molecule has 0 aliphatic heterocycles. The molecule has 1 amide bonds. The Hall–Kier alpha value is -1.13. The number of nitrogens with zero attached hydrogens (tertiary/aromatic N) is 1. The summed E-state index contributed by atoms with van der Waals surface area (Å²) in [6.07, 6.45) is 1.55. The summed E-state index contributed by atoms with van der Waals surface area (Å²) in [5.41, 5.74) is 6.56. The Morgan fingerprint density at radius 3 is 2.63 bits per heavy atom. The molecule has 1 atom stereocenters. The fourth-order valence-corrected chi connectivity index (χ4v) is 2.32. The van der Waals surface area contributed by atoms with Crippen molar-refractivity contribution in [2.45, 2.75) is 26.3 Å². The van der Waals surface area contributed by atoms with E-state index in [2.05, 4.69) is 0 Å². The lowest BCUT2D eigenvalue weighted by molar-refractivity contribution is -0.132. The highest BCUT2D eigenvalue weighted by Gasteiger charge is 2.24. The monoisotopic (exact) mass is 298 g/mol. The van der Waals surface area contributed by atoms with Crippen LogP contribution in [0.1, 0.15) is 25.3 Å². The molecule has 5 heteroatoms. The minimum atomic E-state index is -0.382. The molecule has 0 aromatic heterocycles. The molecule has 2 N–H and O–H groups in total. The minimum Gasteiger partial charge on any atom is -0.393 e. The highest BCUT2D eigenvalue weighted by molar-refractivity contribution is 7.80. The second-order valence-corrected chi connectivity index (χ2v) is 5.41. The third kappa shape index (κ3) is 4.48. The van der Waals surface area contributed by atoms with Crippen LogP contribution in [0.3, 0.4) is 0 Å². The number of hydrogen-bond acceptors (Lipinski definition) is 2. The molecule has 0 fully saturated rings. The number of nitrogens with two attached hydrogens (primary N) is 1. The van der Waals surface area contributed by atoms with Gasteiger partial charge in [-0.1, -0.05) is 55.4 Å². The van der Waals surface area contributed by atoms with E-state index in [4.69, 9.17) is 29.6 Å². The maximum atomic E-state index is 12.3.